The van der Waals surface area contributed by atoms with Crippen LogP contribution in [-0.2, 0) is 39.9 Å². The Balaban J connectivity index is 0.000000163. The molecule has 4 N–H and O–H groups in total. The van der Waals surface area contributed by atoms with Crippen LogP contribution in [0.4, 0.5) is 0 Å². The third kappa shape index (κ3) is 7.58. The summed E-state index contributed by atoms with van der Waals surface area (Å²) in [7, 11) is -8.04. The first-order valence-corrected chi connectivity index (χ1v) is 14.6. The number of aromatic nitrogens is 4. The zero-order valence-corrected chi connectivity index (χ0v) is 23.1. The van der Waals surface area contributed by atoms with Gasteiger partial charge in [0, 0.05) is 25.3 Å². The summed E-state index contributed by atoms with van der Waals surface area (Å²) < 4.78 is 61.3. The monoisotopic (exact) mass is 561 g/mol. The summed E-state index contributed by atoms with van der Waals surface area (Å²) in [6.07, 6.45) is 0. The average Bonchev–Trinajstić information content (AvgIpc) is 3.55. The van der Waals surface area contributed by atoms with Crippen molar-refractivity contribution in [1.29, 1.82) is 0 Å². The van der Waals surface area contributed by atoms with Crippen LogP contribution in [-0.4, -0.2) is 45.7 Å². The van der Waals surface area contributed by atoms with Crippen molar-refractivity contribution in [3.8, 4) is 11.5 Å². The highest BCUT2D eigenvalue weighted by molar-refractivity contribution is 7.86. The molecule has 0 radical (unpaired) electrons. The van der Waals surface area contributed by atoms with Gasteiger partial charge in [0.15, 0.2) is 5.82 Å². The van der Waals surface area contributed by atoms with Crippen LogP contribution in [0.5, 0.6) is 0 Å². The molecule has 5 rings (SSSR count). The minimum absolute atomic E-state index is 0.0666. The molecule has 0 fully saturated rings. The molecule has 13 heteroatoms. The molecule has 0 bridgehead atoms. The van der Waals surface area contributed by atoms with Gasteiger partial charge in [-0.2, -0.15) is 21.9 Å². The number of aryl methyl sites for hydroxylation is 3. The van der Waals surface area contributed by atoms with E-state index in [0.29, 0.717) is 0 Å². The van der Waals surface area contributed by atoms with Crippen molar-refractivity contribution in [1.82, 2.24) is 25.1 Å². The van der Waals surface area contributed by atoms with E-state index < -0.39 is 20.2 Å². The number of H-pyrrole nitrogens is 1. The fourth-order valence-electron chi connectivity index (χ4n) is 3.66. The highest BCUT2D eigenvalue weighted by atomic mass is 32.2. The summed E-state index contributed by atoms with van der Waals surface area (Å²) in [4.78, 5) is 4.53. The lowest BCUT2D eigenvalue weighted by Gasteiger charge is -2.05. The second-order valence-electron chi connectivity index (χ2n) is 8.69. The molecule has 3 heterocycles. The van der Waals surface area contributed by atoms with Crippen molar-refractivity contribution in [3.63, 3.8) is 0 Å². The van der Waals surface area contributed by atoms with Crippen LogP contribution in [0, 0.1) is 20.8 Å². The maximum atomic E-state index is 10.5. The van der Waals surface area contributed by atoms with Crippen molar-refractivity contribution in [2.45, 2.75) is 57.1 Å². The molecule has 0 atom stereocenters. The Bertz CT molecular complexity index is 1520. The van der Waals surface area contributed by atoms with E-state index in [2.05, 4.69) is 32.0 Å². The molecule has 0 unspecified atom stereocenters. The molecule has 0 amide bonds. The summed E-state index contributed by atoms with van der Waals surface area (Å²) in [5.74, 6) is 0.985. The van der Waals surface area contributed by atoms with Crippen molar-refractivity contribution in [2.75, 3.05) is 0 Å². The van der Waals surface area contributed by atoms with E-state index in [9.17, 15) is 16.8 Å². The molecule has 0 saturated carbocycles. The van der Waals surface area contributed by atoms with Gasteiger partial charge >= 0.3 is 0 Å². The second kappa shape index (κ2) is 12.0. The zero-order valence-electron chi connectivity index (χ0n) is 21.5. The molecule has 0 saturated heterocycles. The number of aromatic amines is 1. The van der Waals surface area contributed by atoms with Crippen LogP contribution in [0.15, 0.2) is 64.4 Å². The first kappa shape index (κ1) is 29.2. The fraction of sp³-hybridized carbons (Fsp3) is 0.280. The number of benzene rings is 2. The summed E-state index contributed by atoms with van der Waals surface area (Å²) in [5, 5.41) is 10.6. The molecular weight excluding hydrogens is 530 g/mol. The number of rotatable bonds is 4. The van der Waals surface area contributed by atoms with Crippen molar-refractivity contribution >= 4 is 20.2 Å². The van der Waals surface area contributed by atoms with Gasteiger partial charge in [-0.3, -0.25) is 14.2 Å². The van der Waals surface area contributed by atoms with Gasteiger partial charge in [-0.15, -0.1) is 0 Å². The Labute approximate surface area is 222 Å². The predicted octanol–water partition coefficient (Wildman–Crippen LogP) is 3.69. The highest BCUT2D eigenvalue weighted by Gasteiger charge is 2.22. The molecule has 11 nitrogen and oxygen atoms in total. The van der Waals surface area contributed by atoms with Crippen molar-refractivity contribution < 1.29 is 25.9 Å². The molecule has 1 aliphatic heterocycles. The molecule has 2 aromatic heterocycles. The van der Waals surface area contributed by atoms with Crippen molar-refractivity contribution in [2.24, 2.45) is 0 Å². The molecule has 0 aliphatic carbocycles. The summed E-state index contributed by atoms with van der Waals surface area (Å²) >= 11 is 0. The summed E-state index contributed by atoms with van der Waals surface area (Å²) in [5.41, 5.74) is 6.39. The molecule has 38 heavy (non-hydrogen) atoms. The van der Waals surface area contributed by atoms with E-state index in [1.807, 2.05) is 26.8 Å². The van der Waals surface area contributed by atoms with E-state index in [1.165, 1.54) is 30.0 Å². The van der Waals surface area contributed by atoms with Gasteiger partial charge in [-0.05, 0) is 58.0 Å². The Morgan fingerprint density at radius 1 is 0.842 bits per heavy atom. The average molecular weight is 562 g/mol. The second-order valence-corrected chi connectivity index (χ2v) is 11.5. The third-order valence-electron chi connectivity index (χ3n) is 5.63. The molecule has 1 aliphatic rings. The molecule has 204 valence electrons. The predicted molar refractivity (Wildman–Crippen MR) is 143 cm³/mol. The molecule has 4 aromatic rings. The van der Waals surface area contributed by atoms with E-state index in [1.54, 1.807) is 24.3 Å². The van der Waals surface area contributed by atoms with E-state index in [-0.39, 0.29) is 9.79 Å². The molecule has 2 aromatic carbocycles. The number of nitrogens with zero attached hydrogens (tertiary/aromatic N) is 3. The number of imidazole rings is 1. The zero-order chi connectivity index (χ0) is 28.1. The lowest BCUT2D eigenvalue weighted by Crippen LogP contribution is -2.08. The van der Waals surface area contributed by atoms with E-state index in [4.69, 9.17) is 9.11 Å². The Morgan fingerprint density at radius 2 is 1.34 bits per heavy atom. The number of hydrogen-bond acceptors (Lipinski definition) is 7. The first-order valence-electron chi connectivity index (χ1n) is 11.7. The van der Waals surface area contributed by atoms with Crippen LogP contribution >= 0.6 is 0 Å². The van der Waals surface area contributed by atoms with Crippen molar-refractivity contribution in [3.05, 3.63) is 82.8 Å². The Kier molecular flexibility index (Phi) is 9.22. The Morgan fingerprint density at radius 3 is 1.74 bits per heavy atom. The standard InChI is InChI=1S/C11H15N5.2C7H8O3S/c1-3-16-10-6-12-5-9(10)13-11(16)8-4-7(2)14-15-8;2*1-6-2-4-7(5-3-6)11(8,9)10/h4,12H,3,5-6H2,1-2H3,(H,14,15);2*2-5H,1H3,(H,8,9,10). The normalized spacial score (nSPS) is 12.7. The third-order valence-corrected chi connectivity index (χ3v) is 7.37. The summed E-state index contributed by atoms with van der Waals surface area (Å²) in [6, 6.07) is 14.0. The smallest absolute Gasteiger partial charge is 0.294 e. The first-order chi connectivity index (χ1) is 17.8. The van der Waals surface area contributed by atoms with Gasteiger partial charge in [-0.1, -0.05) is 35.4 Å². The maximum absolute atomic E-state index is 10.5. The number of nitrogens with one attached hydrogen (secondary N) is 2. The largest absolute Gasteiger partial charge is 0.325 e. The topological polar surface area (TPSA) is 167 Å². The minimum atomic E-state index is -4.02. The van der Waals surface area contributed by atoms with Gasteiger partial charge in [-0.25, -0.2) is 4.98 Å². The van der Waals surface area contributed by atoms with Gasteiger partial charge in [0.05, 0.1) is 21.2 Å². The minimum Gasteiger partial charge on any atom is -0.325 e. The van der Waals surface area contributed by atoms with Crippen LogP contribution in [0.3, 0.4) is 0 Å². The fourth-order valence-corrected chi connectivity index (χ4v) is 4.62. The number of hydrogen-bond donors (Lipinski definition) is 4. The lowest BCUT2D eigenvalue weighted by atomic mass is 10.2. The molecular formula is C25H31N5O6S2. The summed E-state index contributed by atoms with van der Waals surface area (Å²) in [6.45, 7) is 10.6. The van der Waals surface area contributed by atoms with E-state index >= 15 is 0 Å². The van der Waals surface area contributed by atoms with Crippen LogP contribution in [0.2, 0.25) is 0 Å². The lowest BCUT2D eigenvalue weighted by molar-refractivity contribution is 0.481. The van der Waals surface area contributed by atoms with Crippen LogP contribution < -0.4 is 5.32 Å². The van der Waals surface area contributed by atoms with Gasteiger partial charge in [0.2, 0.25) is 0 Å². The number of fused-ring (bicyclic) bond motifs is 1. The van der Waals surface area contributed by atoms with Crippen LogP contribution in [0.1, 0.15) is 35.1 Å². The Hall–Kier alpha value is -3.36. The van der Waals surface area contributed by atoms with Gasteiger partial charge in [0.25, 0.3) is 20.2 Å². The molecule has 0 spiro atoms. The van der Waals surface area contributed by atoms with Gasteiger partial charge < -0.3 is 9.88 Å². The quantitative estimate of drug-likeness (QED) is 0.272. The van der Waals surface area contributed by atoms with E-state index in [0.717, 1.165) is 53.7 Å². The highest BCUT2D eigenvalue weighted by Crippen LogP contribution is 2.24. The maximum Gasteiger partial charge on any atom is 0.294 e. The van der Waals surface area contributed by atoms with Gasteiger partial charge in [0.1, 0.15) is 5.69 Å². The van der Waals surface area contributed by atoms with Crippen LogP contribution in [0.25, 0.3) is 11.5 Å². The SMILES string of the molecule is CCn1c(-c2cc(C)[nH]n2)nc2c1CNC2.Cc1ccc(S(=O)(=O)O)cc1.Cc1ccc(S(=O)(=O)O)cc1.